The molecule has 1 saturated heterocycles. The summed E-state index contributed by atoms with van der Waals surface area (Å²) in [5.41, 5.74) is 8.23. The van der Waals surface area contributed by atoms with Crippen molar-refractivity contribution in [3.63, 3.8) is 0 Å². The van der Waals surface area contributed by atoms with Gasteiger partial charge in [-0.05, 0) is 31.4 Å². The number of likely N-dealkylation sites (tertiary alicyclic amines) is 1. The van der Waals surface area contributed by atoms with E-state index in [1.54, 1.807) is 0 Å². The predicted molar refractivity (Wildman–Crippen MR) is 81.5 cm³/mol. The van der Waals surface area contributed by atoms with Crippen molar-refractivity contribution < 1.29 is 4.52 Å². The number of hydrogen-bond donors (Lipinski definition) is 1. The van der Waals surface area contributed by atoms with Crippen LogP contribution in [0.5, 0.6) is 0 Å². The van der Waals surface area contributed by atoms with Crippen molar-refractivity contribution in [3.05, 3.63) is 35.7 Å². The summed E-state index contributed by atoms with van der Waals surface area (Å²) in [6.45, 7) is 6.94. The molecule has 0 radical (unpaired) electrons. The van der Waals surface area contributed by atoms with Crippen LogP contribution in [-0.4, -0.2) is 34.2 Å². The molecule has 1 aromatic heterocycles. The maximum absolute atomic E-state index is 6.08. The van der Waals surface area contributed by atoms with Crippen molar-refractivity contribution in [3.8, 4) is 11.5 Å². The molecule has 0 aliphatic carbocycles. The van der Waals surface area contributed by atoms with E-state index in [0.717, 1.165) is 30.9 Å². The van der Waals surface area contributed by atoms with Gasteiger partial charge in [-0.2, -0.15) is 4.98 Å². The zero-order chi connectivity index (χ0) is 14.8. The van der Waals surface area contributed by atoms with Crippen LogP contribution < -0.4 is 5.73 Å². The topological polar surface area (TPSA) is 68.2 Å². The molecular weight excluding hydrogens is 264 g/mol. The fraction of sp³-hybridized carbons (Fsp3) is 0.500. The molecule has 1 fully saturated rings. The minimum absolute atomic E-state index is 0.247. The molecule has 3 rings (SSSR count). The van der Waals surface area contributed by atoms with Crippen LogP contribution in [0.25, 0.3) is 11.5 Å². The molecule has 5 heteroatoms. The van der Waals surface area contributed by atoms with Gasteiger partial charge < -0.3 is 10.3 Å². The minimum Gasteiger partial charge on any atom is -0.334 e. The third-order valence-corrected chi connectivity index (χ3v) is 3.87. The minimum atomic E-state index is 0.247. The van der Waals surface area contributed by atoms with Gasteiger partial charge in [-0.15, -0.1) is 0 Å². The molecule has 21 heavy (non-hydrogen) atoms. The summed E-state index contributed by atoms with van der Waals surface area (Å²) in [6.07, 6.45) is 1.09. The van der Waals surface area contributed by atoms with E-state index in [1.165, 1.54) is 5.56 Å². The maximum atomic E-state index is 6.08. The second kappa shape index (κ2) is 5.95. The van der Waals surface area contributed by atoms with Crippen LogP contribution in [-0.2, 0) is 6.54 Å². The van der Waals surface area contributed by atoms with Crippen LogP contribution in [0.1, 0.15) is 24.7 Å². The van der Waals surface area contributed by atoms with Gasteiger partial charge in [-0.1, -0.05) is 29.8 Å². The van der Waals surface area contributed by atoms with Gasteiger partial charge in [-0.3, -0.25) is 4.90 Å². The van der Waals surface area contributed by atoms with Gasteiger partial charge in [0.25, 0.3) is 5.89 Å². The molecule has 0 saturated carbocycles. The Morgan fingerprint density at radius 1 is 1.38 bits per heavy atom. The van der Waals surface area contributed by atoms with E-state index in [1.807, 2.05) is 12.1 Å². The first-order valence-corrected chi connectivity index (χ1v) is 7.47. The highest BCUT2D eigenvalue weighted by molar-refractivity contribution is 5.53. The lowest BCUT2D eigenvalue weighted by Gasteiger charge is -2.33. The number of nitrogens with two attached hydrogens (primary N) is 1. The fourth-order valence-electron chi connectivity index (χ4n) is 3.06. The van der Waals surface area contributed by atoms with E-state index in [2.05, 4.69) is 41.0 Å². The first kappa shape index (κ1) is 14.2. The number of piperidine rings is 1. The van der Waals surface area contributed by atoms with Crippen LogP contribution in [0.3, 0.4) is 0 Å². The summed E-state index contributed by atoms with van der Waals surface area (Å²) in [7, 11) is 0. The normalized spacial score (nSPS) is 23.4. The fourth-order valence-corrected chi connectivity index (χ4v) is 3.06. The molecule has 2 heterocycles. The lowest BCUT2D eigenvalue weighted by Crippen LogP contribution is -2.45. The van der Waals surface area contributed by atoms with Crippen LogP contribution in [0.15, 0.2) is 28.8 Å². The number of hydrogen-bond acceptors (Lipinski definition) is 5. The summed E-state index contributed by atoms with van der Waals surface area (Å²) in [4.78, 5) is 6.81. The predicted octanol–water partition coefficient (Wildman–Crippen LogP) is 2.21. The molecule has 0 bridgehead atoms. The monoisotopic (exact) mass is 286 g/mol. The van der Waals surface area contributed by atoms with E-state index < -0.39 is 0 Å². The van der Waals surface area contributed by atoms with E-state index in [4.69, 9.17) is 10.3 Å². The van der Waals surface area contributed by atoms with Crippen molar-refractivity contribution in [2.75, 3.05) is 13.1 Å². The zero-order valence-electron chi connectivity index (χ0n) is 12.6. The molecular formula is C16H22N4O. The van der Waals surface area contributed by atoms with Crippen molar-refractivity contribution in [1.82, 2.24) is 15.0 Å². The van der Waals surface area contributed by atoms with Gasteiger partial charge >= 0.3 is 0 Å². The second-order valence-corrected chi connectivity index (χ2v) is 6.18. The van der Waals surface area contributed by atoms with Gasteiger partial charge in [0.15, 0.2) is 5.82 Å². The van der Waals surface area contributed by atoms with Crippen LogP contribution in [0.2, 0.25) is 0 Å². The van der Waals surface area contributed by atoms with E-state index in [-0.39, 0.29) is 6.04 Å². The first-order chi connectivity index (χ1) is 10.1. The Hall–Kier alpha value is -1.72. The quantitative estimate of drug-likeness (QED) is 0.937. The van der Waals surface area contributed by atoms with Gasteiger partial charge in [-0.25, -0.2) is 0 Å². The number of benzene rings is 1. The summed E-state index contributed by atoms with van der Waals surface area (Å²) in [5, 5.41) is 4.10. The Kier molecular flexibility index (Phi) is 4.03. The van der Waals surface area contributed by atoms with Crippen molar-refractivity contribution in [2.24, 2.45) is 11.7 Å². The van der Waals surface area contributed by atoms with E-state index >= 15 is 0 Å². The largest absolute Gasteiger partial charge is 0.334 e. The molecule has 1 aliphatic heterocycles. The van der Waals surface area contributed by atoms with Gasteiger partial charge in [0.1, 0.15) is 0 Å². The van der Waals surface area contributed by atoms with E-state index in [0.29, 0.717) is 18.4 Å². The number of nitrogens with zero attached hydrogens (tertiary/aromatic N) is 3. The van der Waals surface area contributed by atoms with Crippen molar-refractivity contribution in [1.29, 1.82) is 0 Å². The Bertz CT molecular complexity index is 600. The molecule has 2 atom stereocenters. The zero-order valence-corrected chi connectivity index (χ0v) is 12.6. The first-order valence-electron chi connectivity index (χ1n) is 7.47. The lowest BCUT2D eigenvalue weighted by atomic mass is 9.97. The van der Waals surface area contributed by atoms with E-state index in [9.17, 15) is 0 Å². The summed E-state index contributed by atoms with van der Waals surface area (Å²) in [5.74, 6) is 1.94. The van der Waals surface area contributed by atoms with Crippen molar-refractivity contribution >= 4 is 0 Å². The van der Waals surface area contributed by atoms with Gasteiger partial charge in [0, 0.05) is 24.7 Å². The molecule has 2 aromatic rings. The smallest absolute Gasteiger partial charge is 0.257 e. The second-order valence-electron chi connectivity index (χ2n) is 6.18. The molecule has 2 unspecified atom stereocenters. The van der Waals surface area contributed by atoms with Gasteiger partial charge in [0.2, 0.25) is 0 Å². The number of rotatable bonds is 3. The SMILES string of the molecule is Cc1cccc(-c2nc(CN3CC(C)CC(N)C3)no2)c1. The average Bonchev–Trinajstić information content (AvgIpc) is 2.86. The third-order valence-electron chi connectivity index (χ3n) is 3.87. The summed E-state index contributed by atoms with van der Waals surface area (Å²) >= 11 is 0. The number of aromatic nitrogens is 2. The van der Waals surface area contributed by atoms with Crippen molar-refractivity contribution in [2.45, 2.75) is 32.9 Å². The molecule has 112 valence electrons. The standard InChI is InChI=1S/C16H22N4O/c1-11-4-3-5-13(6-11)16-18-15(19-21-16)10-20-8-12(2)7-14(17)9-20/h3-6,12,14H,7-10,17H2,1-2H3. The van der Waals surface area contributed by atoms with Crippen LogP contribution in [0.4, 0.5) is 0 Å². The summed E-state index contributed by atoms with van der Waals surface area (Å²) in [6, 6.07) is 8.34. The lowest BCUT2D eigenvalue weighted by molar-refractivity contribution is 0.153. The molecule has 5 nitrogen and oxygen atoms in total. The highest BCUT2D eigenvalue weighted by Gasteiger charge is 2.23. The Morgan fingerprint density at radius 3 is 3.00 bits per heavy atom. The third kappa shape index (κ3) is 3.49. The molecule has 0 amide bonds. The Morgan fingerprint density at radius 2 is 2.24 bits per heavy atom. The summed E-state index contributed by atoms with van der Waals surface area (Å²) < 4.78 is 5.38. The maximum Gasteiger partial charge on any atom is 0.257 e. The molecule has 2 N–H and O–H groups in total. The van der Waals surface area contributed by atoms with Crippen LogP contribution >= 0.6 is 0 Å². The Labute approximate surface area is 125 Å². The molecule has 0 spiro atoms. The highest BCUT2D eigenvalue weighted by Crippen LogP contribution is 2.20. The van der Waals surface area contributed by atoms with Gasteiger partial charge in [0.05, 0.1) is 6.54 Å². The highest BCUT2D eigenvalue weighted by atomic mass is 16.5. The molecule has 1 aliphatic rings. The van der Waals surface area contributed by atoms with Crippen LogP contribution in [0, 0.1) is 12.8 Å². The molecule has 1 aromatic carbocycles. The Balaban J connectivity index is 1.70. The number of aryl methyl sites for hydroxylation is 1. The average molecular weight is 286 g/mol.